The zero-order valence-corrected chi connectivity index (χ0v) is 17.6. The number of benzene rings is 2. The molecular weight excluding hydrogens is 432 g/mol. The van der Waals surface area contributed by atoms with Gasteiger partial charge in [-0.15, -0.1) is 5.10 Å². The van der Waals surface area contributed by atoms with E-state index >= 15 is 0 Å². The first kappa shape index (κ1) is 19.8. The van der Waals surface area contributed by atoms with Gasteiger partial charge in [0, 0.05) is 23.0 Å². The molecule has 3 aromatic heterocycles. The number of anilines is 1. The van der Waals surface area contributed by atoms with Gasteiger partial charge in [0.15, 0.2) is 5.82 Å². The van der Waals surface area contributed by atoms with Crippen LogP contribution in [0.5, 0.6) is 5.75 Å². The smallest absolute Gasteiger partial charge is 0.272 e. The molecule has 0 radical (unpaired) electrons. The van der Waals surface area contributed by atoms with E-state index in [0.717, 1.165) is 10.9 Å². The highest BCUT2D eigenvalue weighted by molar-refractivity contribution is 6.31. The third-order valence-corrected chi connectivity index (χ3v) is 5.27. The topological polar surface area (TPSA) is 111 Å². The number of tetrazole rings is 1. The highest BCUT2D eigenvalue weighted by Gasteiger charge is 2.19. The average molecular weight is 449 g/mol. The van der Waals surface area contributed by atoms with E-state index in [1.807, 2.05) is 43.4 Å². The predicted octanol–water partition coefficient (Wildman–Crippen LogP) is 4.44. The van der Waals surface area contributed by atoms with Crippen molar-refractivity contribution >= 4 is 34.1 Å². The van der Waals surface area contributed by atoms with Crippen LogP contribution >= 0.6 is 11.6 Å². The van der Waals surface area contributed by atoms with Crippen molar-refractivity contribution in [2.75, 3.05) is 5.32 Å². The van der Waals surface area contributed by atoms with Crippen LogP contribution < -0.4 is 10.1 Å². The zero-order chi connectivity index (χ0) is 22.1. The molecular formula is C22H17ClN6O3. The molecule has 32 heavy (non-hydrogen) atoms. The zero-order valence-electron chi connectivity index (χ0n) is 16.9. The number of carbonyl (C=O) groups is 1. The van der Waals surface area contributed by atoms with Gasteiger partial charge in [0.1, 0.15) is 23.8 Å². The van der Waals surface area contributed by atoms with Crippen LogP contribution in [0.25, 0.3) is 22.3 Å². The van der Waals surface area contributed by atoms with E-state index in [-0.39, 0.29) is 12.5 Å². The van der Waals surface area contributed by atoms with Gasteiger partial charge in [0.2, 0.25) is 0 Å². The molecule has 5 rings (SSSR count). The number of para-hydroxylation sites is 1. The van der Waals surface area contributed by atoms with E-state index < -0.39 is 0 Å². The van der Waals surface area contributed by atoms with Crippen molar-refractivity contribution in [3.05, 3.63) is 77.3 Å². The molecule has 3 heterocycles. The second-order valence-electron chi connectivity index (χ2n) is 7.04. The number of carbonyl (C=O) groups excluding carboxylic acids is 1. The Hall–Kier alpha value is -4.11. The Balaban J connectivity index is 1.46. The molecule has 0 bridgehead atoms. The van der Waals surface area contributed by atoms with E-state index in [4.69, 9.17) is 20.8 Å². The summed E-state index contributed by atoms with van der Waals surface area (Å²) in [6, 6.07) is 16.2. The largest absolute Gasteiger partial charge is 0.483 e. The summed E-state index contributed by atoms with van der Waals surface area (Å²) >= 11 is 6.13. The van der Waals surface area contributed by atoms with Crippen LogP contribution in [0, 0.1) is 0 Å². The van der Waals surface area contributed by atoms with Crippen molar-refractivity contribution in [3.63, 3.8) is 0 Å². The lowest BCUT2D eigenvalue weighted by Crippen LogP contribution is -2.16. The van der Waals surface area contributed by atoms with Gasteiger partial charge < -0.3 is 19.0 Å². The molecule has 0 saturated heterocycles. The van der Waals surface area contributed by atoms with Crippen LogP contribution in [0.3, 0.4) is 0 Å². The number of hydrogen-bond acceptors (Lipinski definition) is 6. The van der Waals surface area contributed by atoms with Crippen LogP contribution in [-0.4, -0.2) is 31.1 Å². The molecule has 1 amide bonds. The minimum Gasteiger partial charge on any atom is -0.483 e. The summed E-state index contributed by atoms with van der Waals surface area (Å²) in [5.74, 6) is 1.47. The molecule has 0 aliphatic heterocycles. The van der Waals surface area contributed by atoms with E-state index in [2.05, 4.69) is 25.9 Å². The van der Waals surface area contributed by atoms with Gasteiger partial charge >= 0.3 is 0 Å². The summed E-state index contributed by atoms with van der Waals surface area (Å²) in [5.41, 5.74) is 2.38. The van der Waals surface area contributed by atoms with Crippen LogP contribution in [0.4, 0.5) is 5.69 Å². The molecule has 0 aliphatic rings. The highest BCUT2D eigenvalue weighted by Crippen LogP contribution is 2.31. The molecule has 5 aromatic rings. The number of halogens is 1. The Morgan fingerprint density at radius 3 is 2.91 bits per heavy atom. The maximum atomic E-state index is 13.2. The first-order valence-corrected chi connectivity index (χ1v) is 10.1. The van der Waals surface area contributed by atoms with Gasteiger partial charge in [-0.3, -0.25) is 4.79 Å². The Morgan fingerprint density at radius 2 is 2.12 bits per heavy atom. The first-order valence-electron chi connectivity index (χ1n) is 9.69. The molecule has 0 spiro atoms. The summed E-state index contributed by atoms with van der Waals surface area (Å²) < 4.78 is 13.1. The standard InChI is InChI=1S/C22H17ClN6O3/c1-29-18(10-13-4-2-6-19(20(13)29)32-12-15-5-3-9-31-15)22(30)24-17-8-7-14(23)11-16(17)21-25-27-28-26-21/h2-11H,12H2,1H3,(H,24,30)(H,25,26,27,28). The molecule has 0 atom stereocenters. The number of nitrogens with one attached hydrogen (secondary N) is 2. The second-order valence-corrected chi connectivity index (χ2v) is 7.48. The monoisotopic (exact) mass is 448 g/mol. The first-order chi connectivity index (χ1) is 15.6. The fourth-order valence-corrected chi connectivity index (χ4v) is 3.71. The number of furan rings is 1. The molecule has 2 N–H and O–H groups in total. The van der Waals surface area contributed by atoms with Crippen molar-refractivity contribution in [2.45, 2.75) is 6.61 Å². The number of rotatable bonds is 6. The molecule has 10 heteroatoms. The second kappa shape index (κ2) is 8.20. The summed E-state index contributed by atoms with van der Waals surface area (Å²) in [6.07, 6.45) is 1.60. The van der Waals surface area contributed by atoms with Gasteiger partial charge in [-0.05, 0) is 52.9 Å². The minimum absolute atomic E-state index is 0.290. The van der Waals surface area contributed by atoms with E-state index in [1.54, 1.807) is 29.0 Å². The quantitative estimate of drug-likeness (QED) is 0.397. The van der Waals surface area contributed by atoms with Crippen molar-refractivity contribution in [3.8, 4) is 17.1 Å². The number of H-pyrrole nitrogens is 1. The number of nitrogens with zero attached hydrogens (tertiary/aromatic N) is 4. The van der Waals surface area contributed by atoms with Crippen molar-refractivity contribution in [2.24, 2.45) is 7.05 Å². The number of fused-ring (bicyclic) bond motifs is 1. The summed E-state index contributed by atoms with van der Waals surface area (Å²) in [7, 11) is 1.82. The van der Waals surface area contributed by atoms with Crippen LogP contribution in [0.2, 0.25) is 5.02 Å². The Kier molecular flexibility index (Phi) is 5.08. The maximum absolute atomic E-state index is 13.2. The lowest BCUT2D eigenvalue weighted by atomic mass is 10.1. The van der Waals surface area contributed by atoms with Gasteiger partial charge in [-0.25, -0.2) is 5.10 Å². The van der Waals surface area contributed by atoms with Gasteiger partial charge in [0.25, 0.3) is 5.91 Å². The molecule has 9 nitrogen and oxygen atoms in total. The fourth-order valence-electron chi connectivity index (χ4n) is 3.54. The number of aromatic nitrogens is 5. The van der Waals surface area contributed by atoms with Crippen LogP contribution in [0.15, 0.2) is 65.3 Å². The van der Waals surface area contributed by atoms with Crippen molar-refractivity contribution in [1.29, 1.82) is 0 Å². The molecule has 0 fully saturated rings. The summed E-state index contributed by atoms with van der Waals surface area (Å²) in [4.78, 5) is 13.2. The lowest BCUT2D eigenvalue weighted by molar-refractivity contribution is 0.101. The maximum Gasteiger partial charge on any atom is 0.272 e. The Bertz CT molecular complexity index is 1390. The van der Waals surface area contributed by atoms with Crippen molar-refractivity contribution in [1.82, 2.24) is 25.2 Å². The van der Waals surface area contributed by atoms with E-state index in [9.17, 15) is 4.79 Å². The van der Waals surface area contributed by atoms with Gasteiger partial charge in [0.05, 0.1) is 17.5 Å². The molecule has 0 aliphatic carbocycles. The molecule has 0 saturated carbocycles. The number of aromatic amines is 1. The minimum atomic E-state index is -0.295. The average Bonchev–Trinajstić information content (AvgIpc) is 3.55. The number of ether oxygens (including phenoxy) is 1. The fraction of sp³-hybridized carbons (Fsp3) is 0.0909. The Morgan fingerprint density at radius 1 is 1.22 bits per heavy atom. The normalized spacial score (nSPS) is 11.1. The highest BCUT2D eigenvalue weighted by atomic mass is 35.5. The summed E-state index contributed by atoms with van der Waals surface area (Å²) in [6.45, 7) is 0.290. The third kappa shape index (κ3) is 3.69. The molecule has 160 valence electrons. The Labute approximate surface area is 186 Å². The molecule has 2 aromatic carbocycles. The number of hydrogen-bond donors (Lipinski definition) is 2. The van der Waals surface area contributed by atoms with Crippen LogP contribution in [0.1, 0.15) is 16.2 Å². The summed E-state index contributed by atoms with van der Waals surface area (Å²) in [5, 5.41) is 18.1. The van der Waals surface area contributed by atoms with E-state index in [0.29, 0.717) is 39.3 Å². The van der Waals surface area contributed by atoms with Gasteiger partial charge in [-0.2, -0.15) is 0 Å². The van der Waals surface area contributed by atoms with Crippen LogP contribution in [-0.2, 0) is 13.7 Å². The predicted molar refractivity (Wildman–Crippen MR) is 119 cm³/mol. The SMILES string of the molecule is Cn1c(C(=O)Nc2ccc(Cl)cc2-c2nnn[nH]2)cc2cccc(OCc3ccco3)c21. The number of aryl methyl sites for hydroxylation is 1. The van der Waals surface area contributed by atoms with E-state index in [1.165, 1.54) is 0 Å². The lowest BCUT2D eigenvalue weighted by Gasteiger charge is -2.11. The molecule has 0 unspecified atom stereocenters. The van der Waals surface area contributed by atoms with Crippen molar-refractivity contribution < 1.29 is 13.9 Å². The third-order valence-electron chi connectivity index (χ3n) is 5.03. The number of amides is 1. The van der Waals surface area contributed by atoms with Gasteiger partial charge in [-0.1, -0.05) is 23.7 Å².